The molecule has 4 rings (SSSR count). The van der Waals surface area contributed by atoms with Gasteiger partial charge in [0.05, 0.1) is 23.6 Å². The summed E-state index contributed by atoms with van der Waals surface area (Å²) in [7, 11) is 1.81. The molecule has 0 bridgehead atoms. The molecule has 1 aromatic heterocycles. The number of pyridine rings is 1. The Morgan fingerprint density at radius 2 is 2.16 bits per heavy atom. The van der Waals surface area contributed by atoms with Crippen LogP contribution in [0.1, 0.15) is 18.9 Å². The van der Waals surface area contributed by atoms with Crippen molar-refractivity contribution in [3.05, 3.63) is 40.2 Å². The number of nitrogens with zero attached hydrogens (tertiary/aromatic N) is 2. The molecule has 2 heterocycles. The van der Waals surface area contributed by atoms with Crippen molar-refractivity contribution in [3.8, 4) is 0 Å². The van der Waals surface area contributed by atoms with E-state index in [0.29, 0.717) is 26.2 Å². The maximum absolute atomic E-state index is 15.4. The Balaban J connectivity index is 1.84. The number of hydrogen-bond acceptors (Lipinski definition) is 4. The molecule has 1 N–H and O–H groups in total. The SMILES string of the molecule is CNCC1CN(c2c(F)cc3c(=O)ccn(C4CC4)c3c2F)CCO1. The summed E-state index contributed by atoms with van der Waals surface area (Å²) in [6.45, 7) is 1.84. The fourth-order valence-electron chi connectivity index (χ4n) is 3.57. The van der Waals surface area contributed by atoms with Crippen molar-refractivity contribution in [1.29, 1.82) is 0 Å². The lowest BCUT2D eigenvalue weighted by molar-refractivity contribution is 0.0417. The van der Waals surface area contributed by atoms with E-state index in [1.165, 1.54) is 12.1 Å². The van der Waals surface area contributed by atoms with Crippen LogP contribution in [0.4, 0.5) is 14.5 Å². The number of fused-ring (bicyclic) bond motifs is 1. The molecule has 134 valence electrons. The zero-order chi connectivity index (χ0) is 17.6. The molecular formula is C18H21F2N3O2. The second-order valence-electron chi connectivity index (χ2n) is 6.73. The number of halogens is 2. The molecule has 1 saturated heterocycles. The molecule has 25 heavy (non-hydrogen) atoms. The summed E-state index contributed by atoms with van der Waals surface area (Å²) in [5, 5.41) is 3.13. The van der Waals surface area contributed by atoms with Gasteiger partial charge in [0.1, 0.15) is 11.5 Å². The number of ether oxygens (including phenoxy) is 1. The van der Waals surface area contributed by atoms with E-state index < -0.39 is 11.6 Å². The molecule has 1 aliphatic carbocycles. The van der Waals surface area contributed by atoms with Crippen LogP contribution in [0, 0.1) is 11.6 Å². The summed E-state index contributed by atoms with van der Waals surface area (Å²) in [6, 6.07) is 2.76. The molecule has 0 radical (unpaired) electrons. The topological polar surface area (TPSA) is 46.5 Å². The summed E-state index contributed by atoms with van der Waals surface area (Å²) in [4.78, 5) is 13.8. The average molecular weight is 349 g/mol. The molecular weight excluding hydrogens is 328 g/mol. The van der Waals surface area contributed by atoms with Crippen molar-refractivity contribution in [3.63, 3.8) is 0 Å². The van der Waals surface area contributed by atoms with E-state index in [-0.39, 0.29) is 34.2 Å². The third-order valence-corrected chi connectivity index (χ3v) is 4.91. The van der Waals surface area contributed by atoms with E-state index in [1.54, 1.807) is 15.7 Å². The second kappa shape index (κ2) is 6.38. The van der Waals surface area contributed by atoms with Gasteiger partial charge in [-0.05, 0) is 26.0 Å². The number of hydrogen-bond donors (Lipinski definition) is 1. The van der Waals surface area contributed by atoms with E-state index >= 15 is 4.39 Å². The zero-order valence-corrected chi connectivity index (χ0v) is 14.1. The van der Waals surface area contributed by atoms with Crippen LogP contribution in [0.2, 0.25) is 0 Å². The van der Waals surface area contributed by atoms with E-state index in [2.05, 4.69) is 5.32 Å². The van der Waals surface area contributed by atoms with Crippen LogP contribution < -0.4 is 15.6 Å². The Bertz CT molecular complexity index is 862. The molecule has 0 amide bonds. The van der Waals surface area contributed by atoms with Gasteiger partial charge in [-0.2, -0.15) is 0 Å². The first-order chi connectivity index (χ1) is 12.1. The van der Waals surface area contributed by atoms with Gasteiger partial charge in [-0.25, -0.2) is 8.78 Å². The predicted octanol–water partition coefficient (Wildman–Crippen LogP) is 2.04. The maximum atomic E-state index is 15.4. The lowest BCUT2D eigenvalue weighted by Crippen LogP contribution is -2.47. The minimum atomic E-state index is -0.694. The van der Waals surface area contributed by atoms with Crippen LogP contribution in [0.3, 0.4) is 0 Å². The lowest BCUT2D eigenvalue weighted by atomic mass is 10.1. The second-order valence-corrected chi connectivity index (χ2v) is 6.73. The molecule has 1 atom stereocenters. The van der Waals surface area contributed by atoms with Crippen molar-refractivity contribution in [2.75, 3.05) is 38.2 Å². The van der Waals surface area contributed by atoms with Crippen molar-refractivity contribution < 1.29 is 13.5 Å². The molecule has 1 aliphatic heterocycles. The molecule has 1 saturated carbocycles. The summed E-state index contributed by atoms with van der Waals surface area (Å²) in [5.41, 5.74) is -0.203. The first-order valence-corrected chi connectivity index (χ1v) is 8.64. The predicted molar refractivity (Wildman–Crippen MR) is 92.3 cm³/mol. The van der Waals surface area contributed by atoms with Gasteiger partial charge in [0.25, 0.3) is 0 Å². The van der Waals surface area contributed by atoms with Crippen LogP contribution >= 0.6 is 0 Å². The van der Waals surface area contributed by atoms with Crippen molar-refractivity contribution in [2.24, 2.45) is 0 Å². The van der Waals surface area contributed by atoms with Gasteiger partial charge in [0.15, 0.2) is 11.2 Å². The van der Waals surface area contributed by atoms with Gasteiger partial charge in [-0.1, -0.05) is 0 Å². The highest BCUT2D eigenvalue weighted by Crippen LogP contribution is 2.39. The zero-order valence-electron chi connectivity index (χ0n) is 14.1. The number of aromatic nitrogens is 1. The van der Waals surface area contributed by atoms with E-state index in [1.807, 2.05) is 7.05 Å². The Morgan fingerprint density at radius 3 is 2.88 bits per heavy atom. The lowest BCUT2D eigenvalue weighted by Gasteiger charge is -2.35. The highest BCUT2D eigenvalue weighted by atomic mass is 19.1. The van der Waals surface area contributed by atoms with E-state index in [4.69, 9.17) is 4.74 Å². The summed E-state index contributed by atoms with van der Waals surface area (Å²) in [6.07, 6.45) is 3.39. The summed E-state index contributed by atoms with van der Waals surface area (Å²) >= 11 is 0. The van der Waals surface area contributed by atoms with Crippen LogP contribution in [0.15, 0.2) is 23.1 Å². The molecule has 1 unspecified atom stereocenters. The largest absolute Gasteiger partial charge is 0.373 e. The quantitative estimate of drug-likeness (QED) is 0.918. The van der Waals surface area contributed by atoms with Crippen LogP contribution in [0.5, 0.6) is 0 Å². The third kappa shape index (κ3) is 2.91. The van der Waals surface area contributed by atoms with Crippen LogP contribution in [-0.4, -0.2) is 44.0 Å². The standard InChI is InChI=1S/C18H21F2N3O2/c1-21-9-12-10-22(6-7-25-12)18-14(19)8-13-15(24)4-5-23(11-2-3-11)17(13)16(18)20/h4-5,8,11-12,21H,2-3,6-7,9-10H2,1H3. The number of anilines is 1. The minimum Gasteiger partial charge on any atom is -0.373 e. The normalized spacial score (nSPS) is 21.1. The Labute approximate surface area is 144 Å². The van der Waals surface area contributed by atoms with Gasteiger partial charge < -0.3 is 19.5 Å². The monoisotopic (exact) mass is 349 g/mol. The number of likely N-dealkylation sites (N-methyl/N-ethyl adjacent to an activating group) is 1. The molecule has 0 spiro atoms. The van der Waals surface area contributed by atoms with Gasteiger partial charge in [-0.15, -0.1) is 0 Å². The Morgan fingerprint density at radius 1 is 1.36 bits per heavy atom. The van der Waals surface area contributed by atoms with E-state index in [0.717, 1.165) is 12.8 Å². The molecule has 1 aromatic carbocycles. The van der Waals surface area contributed by atoms with Gasteiger partial charge >= 0.3 is 0 Å². The smallest absolute Gasteiger partial charge is 0.189 e. The molecule has 7 heteroatoms. The fourth-order valence-corrected chi connectivity index (χ4v) is 3.57. The van der Waals surface area contributed by atoms with Crippen molar-refractivity contribution >= 4 is 16.6 Å². The molecule has 2 aromatic rings. The summed E-state index contributed by atoms with van der Waals surface area (Å²) in [5.74, 6) is -1.34. The highest BCUT2D eigenvalue weighted by molar-refractivity contribution is 5.84. The molecule has 5 nitrogen and oxygen atoms in total. The highest BCUT2D eigenvalue weighted by Gasteiger charge is 2.30. The number of morpholine rings is 1. The Hall–Kier alpha value is -1.99. The number of nitrogens with one attached hydrogen (secondary N) is 1. The van der Waals surface area contributed by atoms with Gasteiger partial charge in [-0.3, -0.25) is 4.79 Å². The first kappa shape index (κ1) is 16.5. The third-order valence-electron chi connectivity index (χ3n) is 4.91. The Kier molecular flexibility index (Phi) is 4.21. The number of benzene rings is 1. The van der Waals surface area contributed by atoms with Gasteiger partial charge in [0, 0.05) is 37.9 Å². The van der Waals surface area contributed by atoms with Crippen LogP contribution in [-0.2, 0) is 4.74 Å². The van der Waals surface area contributed by atoms with Crippen molar-refractivity contribution in [1.82, 2.24) is 9.88 Å². The molecule has 2 fully saturated rings. The van der Waals surface area contributed by atoms with Crippen LogP contribution in [0.25, 0.3) is 10.9 Å². The summed E-state index contributed by atoms with van der Waals surface area (Å²) < 4.78 is 37.5. The van der Waals surface area contributed by atoms with E-state index in [9.17, 15) is 9.18 Å². The maximum Gasteiger partial charge on any atom is 0.189 e. The average Bonchev–Trinajstić information content (AvgIpc) is 3.41. The van der Waals surface area contributed by atoms with Crippen molar-refractivity contribution in [2.45, 2.75) is 25.0 Å². The first-order valence-electron chi connectivity index (χ1n) is 8.64. The van der Waals surface area contributed by atoms with Gasteiger partial charge in [0.2, 0.25) is 0 Å². The number of rotatable bonds is 4. The fraction of sp³-hybridized carbons (Fsp3) is 0.500. The molecule has 2 aliphatic rings. The minimum absolute atomic E-state index is 0.0584.